The van der Waals surface area contributed by atoms with Gasteiger partial charge < -0.3 is 19.5 Å². The number of aliphatic imine (C=N–C) groups is 1. The first-order chi connectivity index (χ1) is 20.5. The number of azide groups is 1. The lowest BCUT2D eigenvalue weighted by atomic mass is 9.81. The summed E-state index contributed by atoms with van der Waals surface area (Å²) in [5.74, 6) is 0.602. The number of nitrogens with one attached hydrogen (secondary N) is 2. The van der Waals surface area contributed by atoms with Gasteiger partial charge in [-0.1, -0.05) is 59.7 Å². The van der Waals surface area contributed by atoms with Gasteiger partial charge in [0.15, 0.2) is 11.6 Å². The highest BCUT2D eigenvalue weighted by Gasteiger charge is 2.53. The molecule has 4 rings (SSSR count). The average Bonchev–Trinajstić information content (AvgIpc) is 3.39. The molecule has 0 fully saturated rings. The zero-order chi connectivity index (χ0) is 29.8. The molecule has 0 bridgehead atoms. The lowest BCUT2D eigenvalue weighted by Gasteiger charge is -2.31. The number of ether oxygens (including phenoxy) is 2. The third-order valence-corrected chi connectivity index (χ3v) is 6.85. The predicted octanol–water partition coefficient (Wildman–Crippen LogP) is 4.46. The van der Waals surface area contributed by atoms with Crippen molar-refractivity contribution in [3.05, 3.63) is 106 Å². The molecule has 1 heterocycles. The maximum atomic E-state index is 14.2. The quantitative estimate of drug-likeness (QED) is 0.0808. The first kappa shape index (κ1) is 30.5. The number of amides is 1. The molecule has 0 radical (unpaired) electrons. The number of hydrogen-bond donors (Lipinski definition) is 3. The maximum Gasteiger partial charge on any atom is 0.266 e. The topological polar surface area (TPSA) is 144 Å². The first-order valence-corrected chi connectivity index (χ1v) is 13.9. The Hall–Kier alpha value is -4.41. The van der Waals surface area contributed by atoms with Gasteiger partial charge in [-0.3, -0.25) is 10.2 Å². The third kappa shape index (κ3) is 7.65. The average molecular weight is 572 g/mol. The van der Waals surface area contributed by atoms with Gasteiger partial charge in [0.25, 0.3) is 5.91 Å². The Morgan fingerprint density at radius 3 is 2.55 bits per heavy atom. The molecular formula is C31H37N7O4. The van der Waals surface area contributed by atoms with Gasteiger partial charge in [-0.2, -0.15) is 0 Å². The molecular weight excluding hydrogens is 534 g/mol. The van der Waals surface area contributed by atoms with Crippen LogP contribution < -0.4 is 15.6 Å². The van der Waals surface area contributed by atoms with Crippen molar-refractivity contribution in [2.45, 2.75) is 30.9 Å². The minimum absolute atomic E-state index is 0.0566. The van der Waals surface area contributed by atoms with Crippen molar-refractivity contribution >= 4 is 17.5 Å². The van der Waals surface area contributed by atoms with E-state index in [4.69, 9.17) is 19.6 Å². The van der Waals surface area contributed by atoms with Crippen LogP contribution in [0.4, 0.5) is 5.69 Å². The second-order valence-corrected chi connectivity index (χ2v) is 10.2. The van der Waals surface area contributed by atoms with Crippen LogP contribution in [0.15, 0.2) is 89.0 Å². The summed E-state index contributed by atoms with van der Waals surface area (Å²) >= 11 is 0. The molecule has 3 aromatic rings. The van der Waals surface area contributed by atoms with E-state index < -0.39 is 11.6 Å². The van der Waals surface area contributed by atoms with Crippen molar-refractivity contribution < 1.29 is 19.4 Å². The Morgan fingerprint density at radius 2 is 1.83 bits per heavy atom. The van der Waals surface area contributed by atoms with Crippen LogP contribution in [0.25, 0.3) is 10.4 Å². The molecule has 1 amide bonds. The normalized spacial score (nSPS) is 17.7. The summed E-state index contributed by atoms with van der Waals surface area (Å²) in [4.78, 5) is 24.2. The standard InChI is InChI=1S/C31H37N7O4/c1-38(2)19-8-18-33-36-30(40)31(22-25-12-6-7-13-27(25)35-37-32)28(23-10-4-3-5-11-23)42-29(34-31)24-14-16-26(17-15-24)41-21-9-20-39/h3-7,10-17,28,33,39H,8-9,18-22H2,1-2H3,(H,36,40)/t28-,31-/m0/s1. The van der Waals surface area contributed by atoms with Crippen LogP contribution in [0, 0.1) is 0 Å². The van der Waals surface area contributed by atoms with Crippen molar-refractivity contribution in [2.24, 2.45) is 10.1 Å². The zero-order valence-corrected chi connectivity index (χ0v) is 23.9. The largest absolute Gasteiger partial charge is 0.494 e. The van der Waals surface area contributed by atoms with Gasteiger partial charge in [0.1, 0.15) is 5.75 Å². The molecule has 0 saturated heterocycles. The van der Waals surface area contributed by atoms with Crippen LogP contribution in [-0.4, -0.2) is 67.7 Å². The number of rotatable bonds is 15. The van der Waals surface area contributed by atoms with E-state index in [0.717, 1.165) is 18.5 Å². The van der Waals surface area contributed by atoms with Crippen molar-refractivity contribution in [1.29, 1.82) is 0 Å². The van der Waals surface area contributed by atoms with Crippen molar-refractivity contribution in [2.75, 3.05) is 40.4 Å². The number of hydrogen-bond acceptors (Lipinski definition) is 8. The molecule has 2 atom stereocenters. The van der Waals surface area contributed by atoms with E-state index in [1.807, 2.05) is 68.7 Å². The van der Waals surface area contributed by atoms with Crippen LogP contribution in [0.5, 0.6) is 5.75 Å². The fraction of sp³-hybridized carbons (Fsp3) is 0.355. The highest BCUT2D eigenvalue weighted by Crippen LogP contribution is 2.43. The summed E-state index contributed by atoms with van der Waals surface area (Å²) < 4.78 is 12.2. The summed E-state index contributed by atoms with van der Waals surface area (Å²) in [6, 6.07) is 23.9. The minimum Gasteiger partial charge on any atom is -0.494 e. The summed E-state index contributed by atoms with van der Waals surface area (Å²) in [6.45, 7) is 1.89. The van der Waals surface area contributed by atoms with E-state index in [1.54, 1.807) is 24.3 Å². The number of carbonyl (C=O) groups excluding carboxylic acids is 1. The highest BCUT2D eigenvalue weighted by molar-refractivity contribution is 6.01. The first-order valence-electron chi connectivity index (χ1n) is 13.9. The molecule has 1 aliphatic rings. The molecule has 0 aromatic heterocycles. The number of nitrogens with zero attached hydrogens (tertiary/aromatic N) is 5. The Kier molecular flexibility index (Phi) is 10.9. The van der Waals surface area contributed by atoms with Gasteiger partial charge in [0.2, 0.25) is 5.90 Å². The van der Waals surface area contributed by atoms with Gasteiger partial charge >= 0.3 is 0 Å². The van der Waals surface area contributed by atoms with Gasteiger partial charge in [-0.15, -0.1) is 0 Å². The van der Waals surface area contributed by atoms with E-state index in [2.05, 4.69) is 25.8 Å². The summed E-state index contributed by atoms with van der Waals surface area (Å²) in [6.07, 6.45) is 0.726. The number of aliphatic hydroxyl groups is 1. The third-order valence-electron chi connectivity index (χ3n) is 6.85. The second-order valence-electron chi connectivity index (χ2n) is 10.2. The van der Waals surface area contributed by atoms with Crippen molar-refractivity contribution in [1.82, 2.24) is 15.8 Å². The van der Waals surface area contributed by atoms with Crippen LogP contribution in [0.2, 0.25) is 0 Å². The van der Waals surface area contributed by atoms with Crippen molar-refractivity contribution in [3.63, 3.8) is 0 Å². The minimum atomic E-state index is -1.43. The highest BCUT2D eigenvalue weighted by atomic mass is 16.5. The second kappa shape index (κ2) is 15.0. The van der Waals surface area contributed by atoms with Crippen LogP contribution in [-0.2, 0) is 16.0 Å². The monoisotopic (exact) mass is 571 g/mol. The van der Waals surface area contributed by atoms with Gasteiger partial charge in [0, 0.05) is 42.2 Å². The molecule has 0 aliphatic carbocycles. The van der Waals surface area contributed by atoms with E-state index in [0.29, 0.717) is 48.0 Å². The van der Waals surface area contributed by atoms with Gasteiger partial charge in [-0.05, 0) is 68.0 Å². The fourth-order valence-corrected chi connectivity index (χ4v) is 4.74. The SMILES string of the molecule is CN(C)CCCNNC(=O)[C@@]1(Cc2ccccc2N=[N+]=[N-])N=C(c2ccc(OCCCO)cc2)O[C@H]1c1ccccc1. The van der Waals surface area contributed by atoms with E-state index >= 15 is 0 Å². The molecule has 11 nitrogen and oxygen atoms in total. The van der Waals surface area contributed by atoms with E-state index in [9.17, 15) is 10.3 Å². The molecule has 3 N–H and O–H groups in total. The van der Waals surface area contributed by atoms with Gasteiger partial charge in [-0.25, -0.2) is 10.4 Å². The lowest BCUT2D eigenvalue weighted by Crippen LogP contribution is -2.54. The summed E-state index contributed by atoms with van der Waals surface area (Å²) in [7, 11) is 4.00. The van der Waals surface area contributed by atoms with E-state index in [-0.39, 0.29) is 18.9 Å². The molecule has 0 saturated carbocycles. The number of benzene rings is 3. The molecule has 0 spiro atoms. The van der Waals surface area contributed by atoms with Crippen molar-refractivity contribution in [3.8, 4) is 5.75 Å². The van der Waals surface area contributed by atoms with Crippen LogP contribution in [0.1, 0.15) is 35.6 Å². The molecule has 0 unspecified atom stereocenters. The Bertz CT molecular complexity index is 1390. The number of aliphatic hydroxyl groups excluding tert-OH is 1. The number of carbonyl (C=O) groups is 1. The Labute approximate surface area is 245 Å². The predicted molar refractivity (Wildman–Crippen MR) is 161 cm³/mol. The Morgan fingerprint density at radius 1 is 1.10 bits per heavy atom. The van der Waals surface area contributed by atoms with Gasteiger partial charge in [0.05, 0.1) is 6.61 Å². The smallest absolute Gasteiger partial charge is 0.266 e. The lowest BCUT2D eigenvalue weighted by molar-refractivity contribution is -0.130. The molecule has 220 valence electrons. The molecule has 3 aromatic carbocycles. The molecule has 1 aliphatic heterocycles. The maximum absolute atomic E-state index is 14.2. The molecule has 11 heteroatoms. The van der Waals surface area contributed by atoms with Crippen LogP contribution >= 0.6 is 0 Å². The summed E-state index contributed by atoms with van der Waals surface area (Å²) in [5, 5.41) is 12.9. The Balaban J connectivity index is 1.74. The zero-order valence-electron chi connectivity index (χ0n) is 23.9. The number of hydrazine groups is 1. The summed E-state index contributed by atoms with van der Waals surface area (Å²) in [5.41, 5.74) is 16.3. The van der Waals surface area contributed by atoms with Crippen LogP contribution in [0.3, 0.4) is 0 Å². The fourth-order valence-electron chi connectivity index (χ4n) is 4.74. The van der Waals surface area contributed by atoms with E-state index in [1.165, 1.54) is 0 Å². The molecule has 42 heavy (non-hydrogen) atoms.